The summed E-state index contributed by atoms with van der Waals surface area (Å²) in [6, 6.07) is 19.7. The second-order valence-electron chi connectivity index (χ2n) is 9.38. The SMILES string of the molecule is CC[N+]1(CC)CCCCC1CCN(c1cccc(C)c1)C1Cc2ccccc2C1. The summed E-state index contributed by atoms with van der Waals surface area (Å²) in [6.07, 6.45) is 7.95. The Morgan fingerprint density at radius 3 is 2.31 bits per heavy atom. The third-order valence-electron chi connectivity index (χ3n) is 7.93. The van der Waals surface area contributed by atoms with E-state index in [-0.39, 0.29) is 0 Å². The molecule has 1 aliphatic heterocycles. The Kier molecular flexibility index (Phi) is 6.29. The van der Waals surface area contributed by atoms with Crippen molar-refractivity contribution in [2.75, 3.05) is 31.1 Å². The Labute approximate surface area is 178 Å². The van der Waals surface area contributed by atoms with Gasteiger partial charge >= 0.3 is 0 Å². The highest BCUT2D eigenvalue weighted by Crippen LogP contribution is 2.32. The molecular weight excluding hydrogens is 352 g/mol. The van der Waals surface area contributed by atoms with Crippen LogP contribution in [0.2, 0.25) is 0 Å². The van der Waals surface area contributed by atoms with E-state index in [0.717, 1.165) is 6.04 Å². The lowest BCUT2D eigenvalue weighted by atomic mass is 9.94. The molecule has 0 spiro atoms. The zero-order valence-electron chi connectivity index (χ0n) is 18.7. The zero-order chi connectivity index (χ0) is 20.3. The molecule has 0 radical (unpaired) electrons. The lowest BCUT2D eigenvalue weighted by Crippen LogP contribution is -2.58. The highest BCUT2D eigenvalue weighted by Gasteiger charge is 2.37. The summed E-state index contributed by atoms with van der Waals surface area (Å²) in [4.78, 5) is 2.75. The molecule has 2 heteroatoms. The van der Waals surface area contributed by atoms with Crippen molar-refractivity contribution in [2.45, 2.75) is 71.4 Å². The molecule has 0 saturated carbocycles. The van der Waals surface area contributed by atoms with Crippen LogP contribution in [0.3, 0.4) is 0 Å². The van der Waals surface area contributed by atoms with Crippen molar-refractivity contribution >= 4 is 5.69 Å². The third-order valence-corrected chi connectivity index (χ3v) is 7.93. The number of hydrogen-bond donors (Lipinski definition) is 0. The van der Waals surface area contributed by atoms with E-state index in [9.17, 15) is 0 Å². The molecule has 1 unspecified atom stereocenters. The maximum absolute atomic E-state index is 2.75. The van der Waals surface area contributed by atoms with Crippen molar-refractivity contribution < 1.29 is 4.48 Å². The first-order chi connectivity index (χ1) is 14.1. The molecule has 0 N–H and O–H groups in total. The fraction of sp³-hybridized carbons (Fsp3) is 0.556. The predicted molar refractivity (Wildman–Crippen MR) is 125 cm³/mol. The van der Waals surface area contributed by atoms with Gasteiger partial charge in [0.25, 0.3) is 0 Å². The Morgan fingerprint density at radius 2 is 1.66 bits per heavy atom. The number of nitrogens with zero attached hydrogens (tertiary/aromatic N) is 2. The molecular formula is C27H39N2+. The van der Waals surface area contributed by atoms with Gasteiger partial charge < -0.3 is 9.38 Å². The third kappa shape index (κ3) is 4.23. The molecule has 2 aromatic rings. The van der Waals surface area contributed by atoms with E-state index >= 15 is 0 Å². The van der Waals surface area contributed by atoms with Gasteiger partial charge in [-0.1, -0.05) is 36.4 Å². The van der Waals surface area contributed by atoms with E-state index < -0.39 is 0 Å². The van der Waals surface area contributed by atoms with Crippen LogP contribution in [-0.2, 0) is 12.8 Å². The van der Waals surface area contributed by atoms with Crippen LogP contribution in [-0.4, -0.2) is 42.7 Å². The van der Waals surface area contributed by atoms with Crippen LogP contribution in [0.4, 0.5) is 5.69 Å². The molecule has 2 aliphatic rings. The molecule has 1 heterocycles. The summed E-state index contributed by atoms with van der Waals surface area (Å²) in [5.74, 6) is 0. The lowest BCUT2D eigenvalue weighted by molar-refractivity contribution is -0.953. The van der Waals surface area contributed by atoms with Crippen molar-refractivity contribution in [3.05, 3.63) is 65.2 Å². The van der Waals surface area contributed by atoms with Gasteiger partial charge in [0.15, 0.2) is 0 Å². The number of piperidine rings is 1. The summed E-state index contributed by atoms with van der Waals surface area (Å²) in [5.41, 5.74) is 5.90. The van der Waals surface area contributed by atoms with E-state index in [4.69, 9.17) is 0 Å². The van der Waals surface area contributed by atoms with Crippen LogP contribution in [0.15, 0.2) is 48.5 Å². The van der Waals surface area contributed by atoms with Gasteiger partial charge in [-0.2, -0.15) is 0 Å². The number of fused-ring (bicyclic) bond motifs is 1. The molecule has 1 atom stereocenters. The highest BCUT2D eigenvalue weighted by atomic mass is 15.4. The lowest BCUT2D eigenvalue weighted by Gasteiger charge is -2.47. The maximum Gasteiger partial charge on any atom is 0.0907 e. The second-order valence-corrected chi connectivity index (χ2v) is 9.38. The standard InChI is InChI=1S/C27H39N2/c1-4-29(5-2)18-9-8-15-27(29)16-17-28(25-14-10-11-22(3)19-25)26-20-23-12-6-7-13-24(23)21-26/h6-7,10-14,19,26-27H,4-5,8-9,15-18,20-21H2,1-3H3/q+1. The van der Waals surface area contributed by atoms with Crippen molar-refractivity contribution in [3.8, 4) is 0 Å². The van der Waals surface area contributed by atoms with E-state index in [0.29, 0.717) is 6.04 Å². The van der Waals surface area contributed by atoms with Gasteiger partial charge in [-0.3, -0.25) is 0 Å². The van der Waals surface area contributed by atoms with Gasteiger partial charge in [0, 0.05) is 24.7 Å². The number of benzene rings is 2. The maximum atomic E-state index is 2.75. The Hall–Kier alpha value is -1.80. The minimum Gasteiger partial charge on any atom is -0.368 e. The van der Waals surface area contributed by atoms with Crippen LogP contribution < -0.4 is 4.90 Å². The van der Waals surface area contributed by atoms with Crippen LogP contribution >= 0.6 is 0 Å². The predicted octanol–water partition coefficient (Wildman–Crippen LogP) is 5.77. The van der Waals surface area contributed by atoms with E-state index in [1.54, 1.807) is 11.1 Å². The Balaban J connectivity index is 1.55. The smallest absolute Gasteiger partial charge is 0.0907 e. The molecule has 1 aliphatic carbocycles. The van der Waals surface area contributed by atoms with Crippen LogP contribution in [0.5, 0.6) is 0 Å². The monoisotopic (exact) mass is 391 g/mol. The van der Waals surface area contributed by atoms with Gasteiger partial charge in [0.2, 0.25) is 0 Å². The van der Waals surface area contributed by atoms with Crippen molar-refractivity contribution in [2.24, 2.45) is 0 Å². The molecule has 0 bridgehead atoms. The second kappa shape index (κ2) is 8.92. The first-order valence-corrected chi connectivity index (χ1v) is 11.9. The molecule has 1 fully saturated rings. The molecule has 1 saturated heterocycles. The molecule has 4 rings (SSSR count). The number of rotatable bonds is 7. The zero-order valence-corrected chi connectivity index (χ0v) is 18.7. The fourth-order valence-electron chi connectivity index (χ4n) is 6.11. The summed E-state index contributed by atoms with van der Waals surface area (Å²) < 4.78 is 1.34. The summed E-state index contributed by atoms with van der Waals surface area (Å²) >= 11 is 0. The molecule has 0 amide bonds. The van der Waals surface area contributed by atoms with Crippen molar-refractivity contribution in [3.63, 3.8) is 0 Å². The van der Waals surface area contributed by atoms with Gasteiger partial charge in [0.05, 0.1) is 25.7 Å². The average molecular weight is 392 g/mol. The van der Waals surface area contributed by atoms with Gasteiger partial charge in [-0.05, 0) is 81.7 Å². The number of likely N-dealkylation sites (tertiary alicyclic amines) is 1. The largest absolute Gasteiger partial charge is 0.368 e. The number of anilines is 1. The topological polar surface area (TPSA) is 3.24 Å². The van der Waals surface area contributed by atoms with Crippen molar-refractivity contribution in [1.29, 1.82) is 0 Å². The van der Waals surface area contributed by atoms with Gasteiger partial charge in [-0.25, -0.2) is 0 Å². The first-order valence-electron chi connectivity index (χ1n) is 11.9. The van der Waals surface area contributed by atoms with Crippen LogP contribution in [0, 0.1) is 6.92 Å². The molecule has 2 nitrogen and oxygen atoms in total. The van der Waals surface area contributed by atoms with E-state index in [1.807, 2.05) is 0 Å². The van der Waals surface area contributed by atoms with Gasteiger partial charge in [0.1, 0.15) is 0 Å². The van der Waals surface area contributed by atoms with Crippen LogP contribution in [0.1, 0.15) is 56.2 Å². The number of aryl methyl sites for hydroxylation is 1. The molecule has 29 heavy (non-hydrogen) atoms. The highest BCUT2D eigenvalue weighted by molar-refractivity contribution is 5.51. The molecule has 2 aromatic carbocycles. The number of quaternary nitrogens is 1. The quantitative estimate of drug-likeness (QED) is 0.542. The number of hydrogen-bond acceptors (Lipinski definition) is 1. The fourth-order valence-corrected chi connectivity index (χ4v) is 6.11. The van der Waals surface area contributed by atoms with Gasteiger partial charge in [-0.15, -0.1) is 0 Å². The van der Waals surface area contributed by atoms with Crippen molar-refractivity contribution in [1.82, 2.24) is 0 Å². The summed E-state index contributed by atoms with van der Waals surface area (Å²) in [6.45, 7) is 12.2. The Morgan fingerprint density at radius 1 is 0.931 bits per heavy atom. The molecule has 156 valence electrons. The Bertz CT molecular complexity index is 783. The minimum atomic E-state index is 0.600. The van der Waals surface area contributed by atoms with Crippen LogP contribution in [0.25, 0.3) is 0 Å². The normalized spacial score (nSPS) is 21.1. The summed E-state index contributed by atoms with van der Waals surface area (Å²) in [7, 11) is 0. The average Bonchev–Trinajstić information content (AvgIpc) is 3.18. The van der Waals surface area contributed by atoms with E-state index in [2.05, 4.69) is 74.2 Å². The first kappa shape index (κ1) is 20.5. The summed E-state index contributed by atoms with van der Waals surface area (Å²) in [5, 5.41) is 0. The minimum absolute atomic E-state index is 0.600. The van der Waals surface area contributed by atoms with E-state index in [1.165, 1.54) is 80.4 Å². The molecule has 0 aromatic heterocycles.